The fourth-order valence-electron chi connectivity index (χ4n) is 1.65. The molecule has 21 heavy (non-hydrogen) atoms. The third-order valence-electron chi connectivity index (χ3n) is 2.57. The second-order valence-corrected chi connectivity index (χ2v) is 4.04. The third kappa shape index (κ3) is 3.21. The lowest BCUT2D eigenvalue weighted by Crippen LogP contribution is -2.33. The smallest absolute Gasteiger partial charge is 0.294 e. The van der Waals surface area contributed by atoms with E-state index in [-0.39, 0.29) is 23.6 Å². The monoisotopic (exact) mass is 289 g/mol. The van der Waals surface area contributed by atoms with Crippen molar-refractivity contribution in [3.05, 3.63) is 52.3 Å². The largest absolute Gasteiger partial charge is 0.368 e. The Morgan fingerprint density at radius 1 is 1.33 bits per heavy atom. The number of nitrogens with one attached hydrogen (secondary N) is 1. The molecule has 0 bridgehead atoms. The van der Waals surface area contributed by atoms with E-state index in [9.17, 15) is 19.7 Å². The third-order valence-corrected chi connectivity index (χ3v) is 2.57. The van der Waals surface area contributed by atoms with E-state index in [1.165, 1.54) is 35.1 Å². The summed E-state index contributed by atoms with van der Waals surface area (Å²) in [5, 5.41) is 17.2. The molecule has 0 radical (unpaired) electrons. The van der Waals surface area contributed by atoms with Crippen LogP contribution in [-0.2, 0) is 4.79 Å². The maximum absolute atomic E-state index is 11.7. The molecule has 0 atom stereocenters. The van der Waals surface area contributed by atoms with Crippen LogP contribution in [0.2, 0.25) is 0 Å². The highest BCUT2D eigenvalue weighted by atomic mass is 16.6. The summed E-state index contributed by atoms with van der Waals surface area (Å²) in [6.45, 7) is -0.308. The number of rotatable bonds is 5. The second kappa shape index (κ2) is 5.82. The maximum Gasteiger partial charge on any atom is 0.294 e. The number of primary amides is 1. The molecular weight excluding hydrogens is 278 g/mol. The van der Waals surface area contributed by atoms with Crippen molar-refractivity contribution in [2.45, 2.75) is 0 Å². The van der Waals surface area contributed by atoms with Crippen LogP contribution in [0.4, 0.5) is 5.69 Å². The van der Waals surface area contributed by atoms with Gasteiger partial charge in [0, 0.05) is 12.3 Å². The number of nitrogens with zero attached hydrogens (tertiary/aromatic N) is 3. The first-order valence-electron chi connectivity index (χ1n) is 5.85. The Labute approximate surface area is 118 Å². The van der Waals surface area contributed by atoms with Crippen LogP contribution in [0.25, 0.3) is 5.69 Å². The van der Waals surface area contributed by atoms with Gasteiger partial charge in [-0.3, -0.25) is 19.7 Å². The molecule has 2 rings (SSSR count). The van der Waals surface area contributed by atoms with Crippen LogP contribution in [0, 0.1) is 10.1 Å². The van der Waals surface area contributed by atoms with Gasteiger partial charge in [0.05, 0.1) is 11.5 Å². The zero-order valence-corrected chi connectivity index (χ0v) is 10.7. The highest BCUT2D eigenvalue weighted by Gasteiger charge is 2.17. The Balaban J connectivity index is 2.26. The van der Waals surface area contributed by atoms with E-state index in [1.54, 1.807) is 6.07 Å². The number of amides is 2. The molecule has 3 N–H and O–H groups in total. The molecular formula is C12H11N5O4. The normalized spacial score (nSPS) is 10.1. The van der Waals surface area contributed by atoms with Crippen molar-refractivity contribution in [2.24, 2.45) is 5.73 Å². The van der Waals surface area contributed by atoms with Gasteiger partial charge in [0.25, 0.3) is 11.6 Å². The fourth-order valence-corrected chi connectivity index (χ4v) is 1.65. The number of hydrogen-bond donors (Lipinski definition) is 2. The molecule has 0 saturated carbocycles. The van der Waals surface area contributed by atoms with E-state index in [1.807, 2.05) is 0 Å². The van der Waals surface area contributed by atoms with Crippen molar-refractivity contribution >= 4 is 17.5 Å². The quantitative estimate of drug-likeness (QED) is 0.590. The molecule has 9 nitrogen and oxygen atoms in total. The Hall–Kier alpha value is -3.23. The Kier molecular flexibility index (Phi) is 3.93. The van der Waals surface area contributed by atoms with Crippen LogP contribution in [0.5, 0.6) is 0 Å². The number of carbonyl (C=O) groups is 2. The molecule has 1 aromatic carbocycles. The van der Waals surface area contributed by atoms with Crippen LogP contribution in [0.3, 0.4) is 0 Å². The molecule has 1 heterocycles. The lowest BCUT2D eigenvalue weighted by molar-refractivity contribution is -0.384. The van der Waals surface area contributed by atoms with Gasteiger partial charge in [-0.2, -0.15) is 5.10 Å². The van der Waals surface area contributed by atoms with Gasteiger partial charge in [-0.25, -0.2) is 4.68 Å². The average molecular weight is 289 g/mol. The number of aromatic nitrogens is 2. The number of para-hydroxylation sites is 2. The predicted molar refractivity (Wildman–Crippen MR) is 71.7 cm³/mol. The van der Waals surface area contributed by atoms with Crippen LogP contribution < -0.4 is 11.1 Å². The van der Waals surface area contributed by atoms with Crippen LogP contribution >= 0.6 is 0 Å². The summed E-state index contributed by atoms with van der Waals surface area (Å²) in [6, 6.07) is 7.38. The van der Waals surface area contributed by atoms with E-state index < -0.39 is 16.7 Å². The Morgan fingerprint density at radius 3 is 2.71 bits per heavy atom. The van der Waals surface area contributed by atoms with E-state index in [0.717, 1.165) is 0 Å². The van der Waals surface area contributed by atoms with E-state index >= 15 is 0 Å². The number of nitro groups is 1. The summed E-state index contributed by atoms with van der Waals surface area (Å²) in [7, 11) is 0. The van der Waals surface area contributed by atoms with Gasteiger partial charge in [-0.15, -0.1) is 0 Å². The minimum atomic E-state index is -0.679. The minimum absolute atomic E-state index is 0.0226. The van der Waals surface area contributed by atoms with Gasteiger partial charge in [-0.1, -0.05) is 12.1 Å². The van der Waals surface area contributed by atoms with Crippen molar-refractivity contribution in [1.82, 2.24) is 15.1 Å². The molecule has 1 aromatic heterocycles. The summed E-state index contributed by atoms with van der Waals surface area (Å²) in [5.74, 6) is -1.27. The van der Waals surface area contributed by atoms with E-state index in [4.69, 9.17) is 5.73 Å². The fraction of sp³-hybridized carbons (Fsp3) is 0.0833. The molecule has 0 fully saturated rings. The first-order chi connectivity index (χ1) is 9.99. The second-order valence-electron chi connectivity index (χ2n) is 4.04. The molecule has 108 valence electrons. The Morgan fingerprint density at radius 2 is 2.05 bits per heavy atom. The van der Waals surface area contributed by atoms with Crippen molar-refractivity contribution < 1.29 is 14.5 Å². The van der Waals surface area contributed by atoms with Crippen LogP contribution in [0.1, 0.15) is 10.5 Å². The summed E-state index contributed by atoms with van der Waals surface area (Å²) in [5.41, 5.74) is 5.03. The average Bonchev–Trinajstić information content (AvgIpc) is 2.94. The molecule has 0 unspecified atom stereocenters. The molecule has 0 aliphatic carbocycles. The van der Waals surface area contributed by atoms with E-state index in [0.29, 0.717) is 0 Å². The highest BCUT2D eigenvalue weighted by molar-refractivity contribution is 5.94. The van der Waals surface area contributed by atoms with Crippen molar-refractivity contribution in [3.63, 3.8) is 0 Å². The van der Waals surface area contributed by atoms with Crippen LogP contribution in [0.15, 0.2) is 36.5 Å². The number of benzene rings is 1. The first kappa shape index (κ1) is 14.2. The van der Waals surface area contributed by atoms with Gasteiger partial charge in [0.1, 0.15) is 5.69 Å². The summed E-state index contributed by atoms with van der Waals surface area (Å²) < 4.78 is 1.22. The zero-order chi connectivity index (χ0) is 15.4. The number of nitrogens with two attached hydrogens (primary N) is 1. The van der Waals surface area contributed by atoms with Gasteiger partial charge in [0.2, 0.25) is 5.91 Å². The maximum atomic E-state index is 11.7. The van der Waals surface area contributed by atoms with Gasteiger partial charge < -0.3 is 11.1 Å². The molecule has 0 aliphatic heterocycles. The van der Waals surface area contributed by atoms with E-state index in [2.05, 4.69) is 10.4 Å². The molecule has 9 heteroatoms. The topological polar surface area (TPSA) is 133 Å². The zero-order valence-electron chi connectivity index (χ0n) is 10.7. The summed E-state index contributed by atoms with van der Waals surface area (Å²) >= 11 is 0. The molecule has 0 aliphatic rings. The molecule has 0 saturated heterocycles. The molecule has 0 spiro atoms. The van der Waals surface area contributed by atoms with Crippen molar-refractivity contribution in [1.29, 1.82) is 0 Å². The first-order valence-corrected chi connectivity index (χ1v) is 5.85. The standard InChI is InChI=1S/C12H11N5O4/c13-11(18)7-14-12(19)8-5-6-16(15-8)9-3-1-2-4-10(9)17(20)21/h1-6H,7H2,(H2,13,18)(H,14,19). The van der Waals surface area contributed by atoms with Crippen LogP contribution in [-0.4, -0.2) is 33.1 Å². The molecule has 2 amide bonds. The van der Waals surface area contributed by atoms with Gasteiger partial charge in [-0.05, 0) is 12.1 Å². The van der Waals surface area contributed by atoms with Gasteiger partial charge in [0.15, 0.2) is 5.69 Å². The lowest BCUT2D eigenvalue weighted by atomic mass is 10.3. The van der Waals surface area contributed by atoms with Gasteiger partial charge >= 0.3 is 0 Å². The van der Waals surface area contributed by atoms with Crippen molar-refractivity contribution in [3.8, 4) is 5.69 Å². The molecule has 2 aromatic rings. The summed E-state index contributed by atoms with van der Waals surface area (Å²) in [4.78, 5) is 32.7. The number of nitro benzene ring substituents is 1. The highest BCUT2D eigenvalue weighted by Crippen LogP contribution is 2.21. The number of carbonyl (C=O) groups excluding carboxylic acids is 2. The van der Waals surface area contributed by atoms with Crippen molar-refractivity contribution in [2.75, 3.05) is 6.54 Å². The SMILES string of the molecule is NC(=O)CNC(=O)c1ccn(-c2ccccc2[N+](=O)[O-])n1. The minimum Gasteiger partial charge on any atom is -0.368 e. The Bertz CT molecular complexity index is 709. The lowest BCUT2D eigenvalue weighted by Gasteiger charge is -2.02. The summed E-state index contributed by atoms with van der Waals surface area (Å²) in [6.07, 6.45) is 1.42. The predicted octanol–water partition coefficient (Wildman–Crippen LogP) is -0.00440. The number of hydrogen-bond acceptors (Lipinski definition) is 5.